The van der Waals surface area contributed by atoms with E-state index in [2.05, 4.69) is 0 Å². The van der Waals surface area contributed by atoms with E-state index in [4.69, 9.17) is 9.47 Å². The molecular weight excluding hydrogens is 308 g/mol. The van der Waals surface area contributed by atoms with Crippen LogP contribution in [0.4, 0.5) is 0 Å². The summed E-state index contributed by atoms with van der Waals surface area (Å²) < 4.78 is 10.5. The van der Waals surface area contributed by atoms with Crippen molar-refractivity contribution in [2.45, 2.75) is 18.9 Å². The largest absolute Gasteiger partial charge is 0.497 e. The summed E-state index contributed by atoms with van der Waals surface area (Å²) in [7, 11) is 3.41. The van der Waals surface area contributed by atoms with Crippen LogP contribution in [-0.4, -0.2) is 62.1 Å². The lowest BCUT2D eigenvalue weighted by atomic mass is 9.83. The molecule has 1 aromatic carbocycles. The Labute approximate surface area is 142 Å². The maximum absolute atomic E-state index is 13.0. The Morgan fingerprint density at radius 2 is 1.88 bits per heavy atom. The maximum atomic E-state index is 13.0. The zero-order valence-electron chi connectivity index (χ0n) is 14.2. The molecule has 0 radical (unpaired) electrons. The molecule has 2 aliphatic heterocycles. The van der Waals surface area contributed by atoms with Gasteiger partial charge in [-0.15, -0.1) is 0 Å². The van der Waals surface area contributed by atoms with E-state index >= 15 is 0 Å². The van der Waals surface area contributed by atoms with Crippen molar-refractivity contribution in [3.05, 3.63) is 29.8 Å². The molecule has 2 saturated heterocycles. The number of ether oxygens (including phenoxy) is 2. The van der Waals surface area contributed by atoms with Gasteiger partial charge in [0, 0.05) is 26.6 Å². The number of morpholine rings is 1. The molecule has 0 N–H and O–H groups in total. The number of hydrogen-bond donors (Lipinski definition) is 0. The Balaban J connectivity index is 1.86. The first-order valence-electron chi connectivity index (χ1n) is 8.38. The molecule has 6 heteroatoms. The van der Waals surface area contributed by atoms with E-state index in [0.717, 1.165) is 11.3 Å². The first-order valence-corrected chi connectivity index (χ1v) is 8.38. The van der Waals surface area contributed by atoms with E-state index in [1.165, 1.54) is 0 Å². The molecule has 0 spiro atoms. The molecular formula is C18H24N2O4. The van der Waals surface area contributed by atoms with Gasteiger partial charge in [-0.05, 0) is 24.1 Å². The van der Waals surface area contributed by atoms with Crippen LogP contribution in [0.25, 0.3) is 0 Å². The third kappa shape index (κ3) is 3.24. The van der Waals surface area contributed by atoms with Crippen LogP contribution in [-0.2, 0) is 14.3 Å². The normalized spacial score (nSPS) is 24.8. The van der Waals surface area contributed by atoms with Crippen molar-refractivity contribution in [2.24, 2.45) is 5.92 Å². The van der Waals surface area contributed by atoms with Gasteiger partial charge in [-0.2, -0.15) is 0 Å². The minimum atomic E-state index is -0.229. The number of methoxy groups -OCH3 is 1. The highest BCUT2D eigenvalue weighted by Crippen LogP contribution is 2.37. The zero-order valence-corrected chi connectivity index (χ0v) is 14.2. The average molecular weight is 332 g/mol. The highest BCUT2D eigenvalue weighted by molar-refractivity contribution is 5.85. The van der Waals surface area contributed by atoms with Crippen molar-refractivity contribution in [1.29, 1.82) is 0 Å². The fourth-order valence-electron chi connectivity index (χ4n) is 3.57. The molecule has 0 aliphatic carbocycles. The number of piperidine rings is 1. The highest BCUT2D eigenvalue weighted by atomic mass is 16.5. The van der Waals surface area contributed by atoms with E-state index < -0.39 is 0 Å². The van der Waals surface area contributed by atoms with Crippen molar-refractivity contribution >= 4 is 11.8 Å². The third-order valence-electron chi connectivity index (χ3n) is 4.96. The molecule has 2 atom stereocenters. The van der Waals surface area contributed by atoms with Gasteiger partial charge in [0.15, 0.2) is 0 Å². The fraction of sp³-hybridized carbons (Fsp3) is 0.556. The van der Waals surface area contributed by atoms with Gasteiger partial charge < -0.3 is 19.3 Å². The van der Waals surface area contributed by atoms with Gasteiger partial charge in [0.1, 0.15) is 5.75 Å². The summed E-state index contributed by atoms with van der Waals surface area (Å²) in [5.41, 5.74) is 0.970. The topological polar surface area (TPSA) is 59.1 Å². The van der Waals surface area contributed by atoms with Gasteiger partial charge in [-0.1, -0.05) is 12.1 Å². The van der Waals surface area contributed by atoms with Gasteiger partial charge in [-0.25, -0.2) is 0 Å². The highest BCUT2D eigenvalue weighted by Gasteiger charge is 2.40. The number of rotatable bonds is 3. The fourth-order valence-corrected chi connectivity index (χ4v) is 3.57. The van der Waals surface area contributed by atoms with E-state index in [0.29, 0.717) is 39.1 Å². The predicted molar refractivity (Wildman–Crippen MR) is 88.6 cm³/mol. The lowest BCUT2D eigenvalue weighted by Gasteiger charge is -2.41. The number of carbonyl (C=O) groups is 2. The summed E-state index contributed by atoms with van der Waals surface area (Å²) in [6.07, 6.45) is 1.01. The van der Waals surface area contributed by atoms with Crippen LogP contribution >= 0.6 is 0 Å². The van der Waals surface area contributed by atoms with Crippen molar-refractivity contribution < 1.29 is 19.1 Å². The smallest absolute Gasteiger partial charge is 0.228 e. The molecule has 2 unspecified atom stereocenters. The molecule has 2 amide bonds. The minimum absolute atomic E-state index is 0.0850. The second-order valence-electron chi connectivity index (χ2n) is 6.31. The summed E-state index contributed by atoms with van der Waals surface area (Å²) in [4.78, 5) is 28.8. The number of nitrogens with zero attached hydrogens (tertiary/aromatic N) is 2. The van der Waals surface area contributed by atoms with Crippen molar-refractivity contribution in [2.75, 3.05) is 40.5 Å². The molecule has 2 fully saturated rings. The summed E-state index contributed by atoms with van der Waals surface area (Å²) in [6.45, 7) is 2.42. The zero-order chi connectivity index (χ0) is 17.1. The molecule has 0 bridgehead atoms. The molecule has 3 rings (SSSR count). The van der Waals surface area contributed by atoms with Gasteiger partial charge in [-0.3, -0.25) is 9.59 Å². The van der Waals surface area contributed by atoms with Crippen LogP contribution < -0.4 is 4.74 Å². The molecule has 24 heavy (non-hydrogen) atoms. The summed E-state index contributed by atoms with van der Waals surface area (Å²) >= 11 is 0. The molecule has 0 aromatic heterocycles. The van der Waals surface area contributed by atoms with E-state index in [-0.39, 0.29) is 23.8 Å². The second-order valence-corrected chi connectivity index (χ2v) is 6.31. The Hall–Kier alpha value is -2.08. The average Bonchev–Trinajstić information content (AvgIpc) is 2.64. The first kappa shape index (κ1) is 16.8. The van der Waals surface area contributed by atoms with E-state index in [9.17, 15) is 9.59 Å². The Kier molecular flexibility index (Phi) is 5.04. The Morgan fingerprint density at radius 1 is 1.21 bits per heavy atom. The molecule has 0 saturated carbocycles. The molecule has 2 aliphatic rings. The number of hydrogen-bond acceptors (Lipinski definition) is 4. The van der Waals surface area contributed by atoms with Crippen LogP contribution in [0.15, 0.2) is 24.3 Å². The summed E-state index contributed by atoms with van der Waals surface area (Å²) in [6, 6.07) is 7.40. The van der Waals surface area contributed by atoms with Crippen LogP contribution in [0.3, 0.4) is 0 Å². The number of carbonyl (C=O) groups excluding carboxylic acids is 2. The van der Waals surface area contributed by atoms with Gasteiger partial charge >= 0.3 is 0 Å². The standard InChI is InChI=1S/C18H24N2O4/c1-19-16(21)8-7-15(18(22)20-9-11-24-12-10-20)17(19)13-3-5-14(23-2)6-4-13/h3-6,15,17H,7-12H2,1-2H3. The number of likely N-dealkylation sites (tertiary alicyclic amines) is 1. The van der Waals surface area contributed by atoms with Crippen LogP contribution in [0.2, 0.25) is 0 Å². The maximum Gasteiger partial charge on any atom is 0.228 e. The molecule has 2 heterocycles. The van der Waals surface area contributed by atoms with Crippen LogP contribution in [0, 0.1) is 5.92 Å². The third-order valence-corrected chi connectivity index (χ3v) is 4.96. The quantitative estimate of drug-likeness (QED) is 0.841. The summed E-state index contributed by atoms with van der Waals surface area (Å²) in [5, 5.41) is 0. The van der Waals surface area contributed by atoms with Gasteiger partial charge in [0.05, 0.1) is 32.3 Å². The van der Waals surface area contributed by atoms with Crippen molar-refractivity contribution in [1.82, 2.24) is 9.80 Å². The monoisotopic (exact) mass is 332 g/mol. The number of benzene rings is 1. The second kappa shape index (κ2) is 7.21. The molecule has 1 aromatic rings. The van der Waals surface area contributed by atoms with Crippen LogP contribution in [0.5, 0.6) is 5.75 Å². The van der Waals surface area contributed by atoms with Gasteiger partial charge in [0.25, 0.3) is 0 Å². The lowest BCUT2D eigenvalue weighted by Crippen LogP contribution is -2.50. The lowest BCUT2D eigenvalue weighted by molar-refractivity contribution is -0.149. The van der Waals surface area contributed by atoms with Crippen molar-refractivity contribution in [3.8, 4) is 5.75 Å². The minimum Gasteiger partial charge on any atom is -0.497 e. The molecule has 130 valence electrons. The number of amides is 2. The van der Waals surface area contributed by atoms with Gasteiger partial charge in [0.2, 0.25) is 11.8 Å². The van der Waals surface area contributed by atoms with E-state index in [1.54, 1.807) is 19.1 Å². The Morgan fingerprint density at radius 3 is 2.50 bits per heavy atom. The molecule has 6 nitrogen and oxygen atoms in total. The summed E-state index contributed by atoms with van der Waals surface area (Å²) in [5.74, 6) is 0.763. The van der Waals surface area contributed by atoms with E-state index in [1.807, 2.05) is 29.2 Å². The Bertz CT molecular complexity index is 596. The predicted octanol–water partition coefficient (Wildman–Crippen LogP) is 1.46. The van der Waals surface area contributed by atoms with Crippen LogP contribution in [0.1, 0.15) is 24.4 Å². The van der Waals surface area contributed by atoms with Crippen molar-refractivity contribution in [3.63, 3.8) is 0 Å². The first-order chi connectivity index (χ1) is 11.6. The SMILES string of the molecule is COc1ccc(C2C(C(=O)N3CCOCC3)CCC(=O)N2C)cc1.